The minimum atomic E-state index is -3.08. The average Bonchev–Trinajstić information content (AvgIpc) is 2.50. The number of hydrogen-bond acceptors (Lipinski definition) is 2. The zero-order valence-electron chi connectivity index (χ0n) is 15.7. The summed E-state index contributed by atoms with van der Waals surface area (Å²) in [6.45, 7) is 4.44. The van der Waals surface area contributed by atoms with E-state index in [4.69, 9.17) is 11.3 Å². The number of terminal acetylenes is 1. The van der Waals surface area contributed by atoms with Gasteiger partial charge in [-0.3, -0.25) is 0 Å². The molecule has 0 saturated heterocycles. The van der Waals surface area contributed by atoms with Gasteiger partial charge in [-0.25, -0.2) is 0 Å². The molecule has 0 fully saturated rings. The molecule has 0 aromatic heterocycles. The molecular formula is C18H18F3NO-4. The Hall–Kier alpha value is -3.20. The highest BCUT2D eigenvalue weighted by molar-refractivity contribution is 5.98. The lowest BCUT2D eigenvalue weighted by molar-refractivity contribution is 0.142. The second kappa shape index (κ2) is 16.9. The van der Waals surface area contributed by atoms with Gasteiger partial charge >= 0.3 is 0 Å². The van der Waals surface area contributed by atoms with Crippen LogP contribution >= 0.6 is 0 Å². The van der Waals surface area contributed by atoms with Gasteiger partial charge in [0, 0.05) is 13.4 Å². The van der Waals surface area contributed by atoms with Gasteiger partial charge in [0.2, 0.25) is 0 Å². The second-order valence-electron chi connectivity index (χ2n) is 3.21. The van der Waals surface area contributed by atoms with Crippen molar-refractivity contribution in [3.05, 3.63) is 41.8 Å². The highest BCUT2D eigenvalue weighted by atomic mass is 19.4. The largest absolute Gasteiger partial charge is 1.00 e. The van der Waals surface area contributed by atoms with Gasteiger partial charge < -0.3 is 22.3 Å². The molecule has 0 aliphatic rings. The zero-order valence-corrected chi connectivity index (χ0v) is 12.7. The summed E-state index contributed by atoms with van der Waals surface area (Å²) in [5, 5.41) is 3.91. The summed E-state index contributed by atoms with van der Waals surface area (Å²) in [6.07, 6.45) is 5.39. The second-order valence-corrected chi connectivity index (χ2v) is 3.21. The molecule has 0 aliphatic carbocycles. The quantitative estimate of drug-likeness (QED) is 0.245. The molecule has 0 saturated carbocycles. The topological polar surface area (TPSA) is 21.6 Å². The third kappa shape index (κ3) is 18.8. The Morgan fingerprint density at radius 3 is 2.48 bits per heavy atom. The van der Waals surface area contributed by atoms with Crippen molar-refractivity contribution in [1.82, 2.24) is 0 Å². The fraction of sp³-hybridized carbons (Fsp3) is 0.222. The minimum absolute atomic E-state index is 0. The molecule has 23 heavy (non-hydrogen) atoms. The van der Waals surface area contributed by atoms with Crippen LogP contribution in [0.2, 0.25) is 0 Å². The number of allylic oxidation sites excluding steroid dienone is 1. The summed E-state index contributed by atoms with van der Waals surface area (Å²) in [6, 6.07) is 0. The summed E-state index contributed by atoms with van der Waals surface area (Å²) in [5.74, 6) is 12.6. The molecule has 0 heterocycles. The van der Waals surface area contributed by atoms with Crippen LogP contribution in [-0.2, 0) is 4.84 Å². The molecule has 0 atom stereocenters. The molecular weight excluding hydrogens is 303 g/mol. The maximum absolute atomic E-state index is 9.58. The summed E-state index contributed by atoms with van der Waals surface area (Å²) < 4.78 is 28.8. The van der Waals surface area contributed by atoms with E-state index in [2.05, 4.69) is 64.3 Å². The summed E-state index contributed by atoms with van der Waals surface area (Å²) in [5.41, 5.74) is 11.9. The molecule has 0 unspecified atom stereocenters. The van der Waals surface area contributed by atoms with Gasteiger partial charge in [-0.05, 0) is 55.6 Å². The molecule has 0 aromatic carbocycles. The van der Waals surface area contributed by atoms with E-state index in [0.29, 0.717) is 18.7 Å². The lowest BCUT2D eigenvalue weighted by Crippen LogP contribution is -1.97. The Labute approximate surface area is 140 Å². The SMILES string of the molecule is C#CC#CC#CCC(=C=C=C=C=C)/C(C)=N/OCC.F[C-](F)F.[H-].[H-].[H-].[HH]. The molecule has 0 radical (unpaired) electrons. The van der Waals surface area contributed by atoms with Crippen LogP contribution in [0.25, 0.3) is 0 Å². The molecule has 0 aliphatic heterocycles. The van der Waals surface area contributed by atoms with Gasteiger partial charge in [0.1, 0.15) is 6.61 Å². The molecule has 0 N–H and O–H groups in total. The number of halogens is 3. The minimum Gasteiger partial charge on any atom is -1.00 e. The molecule has 0 bridgehead atoms. The van der Waals surface area contributed by atoms with Gasteiger partial charge in [-0.2, -0.15) is 0 Å². The van der Waals surface area contributed by atoms with Crippen molar-refractivity contribution in [2.45, 2.75) is 20.3 Å². The normalized spacial score (nSPS) is 7.96. The molecule has 0 aromatic rings. The molecule has 0 spiro atoms. The Balaban J connectivity index is -0.000000125. The van der Waals surface area contributed by atoms with Crippen molar-refractivity contribution >= 4 is 5.71 Å². The summed E-state index contributed by atoms with van der Waals surface area (Å²) in [4.78, 5) is 4.98. The van der Waals surface area contributed by atoms with Crippen molar-refractivity contribution in [2.75, 3.05) is 6.61 Å². The monoisotopic (exact) mass is 321 g/mol. The Kier molecular flexibility index (Phi) is 16.2. The first-order valence-corrected chi connectivity index (χ1v) is 6.07. The Morgan fingerprint density at radius 2 is 1.96 bits per heavy atom. The first-order valence-electron chi connectivity index (χ1n) is 6.07. The highest BCUT2D eigenvalue weighted by Crippen LogP contribution is 2.02. The van der Waals surface area contributed by atoms with E-state index in [1.807, 2.05) is 6.92 Å². The first-order chi connectivity index (χ1) is 11.0. The summed E-state index contributed by atoms with van der Waals surface area (Å²) >= 11 is 0. The van der Waals surface area contributed by atoms with E-state index >= 15 is 0 Å². The van der Waals surface area contributed by atoms with E-state index in [-0.39, 0.29) is 5.71 Å². The predicted molar refractivity (Wildman–Crippen MR) is 88.9 cm³/mol. The number of rotatable bonds is 4. The van der Waals surface area contributed by atoms with Crippen LogP contribution < -0.4 is 0 Å². The lowest BCUT2D eigenvalue weighted by Gasteiger charge is -1.98. The van der Waals surface area contributed by atoms with Crippen LogP contribution in [0.3, 0.4) is 0 Å². The Bertz CT molecular complexity index is 724. The third-order valence-corrected chi connectivity index (χ3v) is 1.68. The maximum atomic E-state index is 9.58. The first kappa shape index (κ1) is 22.1. The standard InChI is InChI=1S/C17H13NO.CF3.H2.3H/c1-5-8-10-11-13-15-17(14-12-9-6-2)16(4)18-19-7-3;2-1(3)4;;;;/h1H,2,7,15H2,3-4H3;;1H;;;/q;-1;;3*-1/b18-16+;;;;;. The number of nitrogens with zero attached hydrogens (tertiary/aromatic N) is 1. The summed E-state index contributed by atoms with van der Waals surface area (Å²) in [7, 11) is 0. The van der Waals surface area contributed by atoms with Crippen LogP contribution in [0.4, 0.5) is 13.2 Å². The highest BCUT2D eigenvalue weighted by Gasteiger charge is 1.99. The predicted octanol–water partition coefficient (Wildman–Crippen LogP) is 4.53. The van der Waals surface area contributed by atoms with E-state index in [0.717, 1.165) is 5.57 Å². The molecule has 126 valence electrons. The van der Waals surface area contributed by atoms with Crippen LogP contribution in [0, 0.1) is 42.7 Å². The molecule has 2 nitrogen and oxygen atoms in total. The Morgan fingerprint density at radius 1 is 1.30 bits per heavy atom. The molecule has 0 rings (SSSR count). The van der Waals surface area contributed by atoms with Gasteiger partial charge in [-0.1, -0.05) is 22.5 Å². The van der Waals surface area contributed by atoms with Gasteiger partial charge in [-0.15, -0.1) is 6.42 Å². The van der Waals surface area contributed by atoms with E-state index in [9.17, 15) is 13.2 Å². The van der Waals surface area contributed by atoms with Crippen LogP contribution in [0.15, 0.2) is 40.2 Å². The average molecular weight is 321 g/mol. The van der Waals surface area contributed by atoms with Crippen LogP contribution in [0.5, 0.6) is 0 Å². The number of oxime groups is 1. The fourth-order valence-corrected chi connectivity index (χ4v) is 0.874. The van der Waals surface area contributed by atoms with Crippen molar-refractivity contribution in [3.63, 3.8) is 0 Å². The molecule has 0 amide bonds. The smallest absolute Gasteiger partial charge is 0.154 e. The maximum Gasteiger partial charge on any atom is 0.154 e. The lowest BCUT2D eigenvalue weighted by atomic mass is 10.1. The van der Waals surface area contributed by atoms with Gasteiger partial charge in [0.15, 0.2) is 6.68 Å². The van der Waals surface area contributed by atoms with E-state index < -0.39 is 6.68 Å². The van der Waals surface area contributed by atoms with Gasteiger partial charge in [0.25, 0.3) is 0 Å². The van der Waals surface area contributed by atoms with E-state index in [1.54, 1.807) is 6.92 Å². The van der Waals surface area contributed by atoms with Crippen molar-refractivity contribution in [3.8, 4) is 36.0 Å². The number of hydrogen-bond donors (Lipinski definition) is 0. The fourth-order valence-electron chi connectivity index (χ4n) is 0.874. The third-order valence-electron chi connectivity index (χ3n) is 1.68. The van der Waals surface area contributed by atoms with Crippen molar-refractivity contribution in [1.29, 1.82) is 0 Å². The van der Waals surface area contributed by atoms with E-state index in [1.165, 1.54) is 0 Å². The molecule has 5 heteroatoms. The van der Waals surface area contributed by atoms with Crippen LogP contribution in [-0.4, -0.2) is 12.3 Å². The van der Waals surface area contributed by atoms with Crippen LogP contribution in [0.1, 0.15) is 26.0 Å². The van der Waals surface area contributed by atoms with Crippen molar-refractivity contribution < 1.29 is 23.7 Å². The van der Waals surface area contributed by atoms with Crippen molar-refractivity contribution in [2.24, 2.45) is 5.16 Å². The zero-order chi connectivity index (χ0) is 17.9. The van der Waals surface area contributed by atoms with Gasteiger partial charge in [0.05, 0.1) is 5.71 Å².